The number of hydrogen-bond donors (Lipinski definition) is 2. The molecule has 1 fully saturated rings. The summed E-state index contributed by atoms with van der Waals surface area (Å²) in [6, 6.07) is 5.48. The quantitative estimate of drug-likeness (QED) is 0.757. The highest BCUT2D eigenvalue weighted by molar-refractivity contribution is 5.76. The molecule has 2 atom stereocenters. The van der Waals surface area contributed by atoms with E-state index in [1.807, 2.05) is 12.1 Å². The van der Waals surface area contributed by atoms with Gasteiger partial charge in [0, 0.05) is 37.7 Å². The number of benzene rings is 1. The number of hydrogen-bond acceptors (Lipinski definition) is 4. The largest absolute Gasteiger partial charge is 0.507 e. The Labute approximate surface area is 151 Å². The van der Waals surface area contributed by atoms with E-state index in [1.165, 1.54) is 0 Å². The molecule has 0 radical (unpaired) electrons. The van der Waals surface area contributed by atoms with Crippen LogP contribution in [0.1, 0.15) is 45.1 Å². The number of piperidine rings is 1. The third-order valence-electron chi connectivity index (χ3n) is 5.21. The van der Waals surface area contributed by atoms with Crippen molar-refractivity contribution >= 4 is 5.91 Å². The lowest BCUT2D eigenvalue weighted by Gasteiger charge is -2.38. The number of nitrogens with zero attached hydrogens (tertiary/aromatic N) is 1. The van der Waals surface area contributed by atoms with Gasteiger partial charge >= 0.3 is 0 Å². The predicted molar refractivity (Wildman–Crippen MR) is 99.7 cm³/mol. The Bertz CT molecular complexity index is 562. The molecular weight excluding hydrogens is 316 g/mol. The van der Waals surface area contributed by atoms with Gasteiger partial charge in [0.15, 0.2) is 0 Å². The second-order valence-electron chi connectivity index (χ2n) is 7.00. The van der Waals surface area contributed by atoms with E-state index >= 15 is 0 Å². The van der Waals surface area contributed by atoms with Gasteiger partial charge in [-0.25, -0.2) is 0 Å². The molecule has 1 aliphatic heterocycles. The van der Waals surface area contributed by atoms with Gasteiger partial charge in [-0.05, 0) is 37.3 Å². The minimum atomic E-state index is 0.187. The fourth-order valence-electron chi connectivity index (χ4n) is 3.65. The van der Waals surface area contributed by atoms with Crippen LogP contribution < -0.4 is 10.1 Å². The van der Waals surface area contributed by atoms with E-state index in [4.69, 9.17) is 4.74 Å². The Morgan fingerprint density at radius 2 is 2.16 bits per heavy atom. The smallest absolute Gasteiger partial charge is 0.220 e. The van der Waals surface area contributed by atoms with Crippen LogP contribution in [0.5, 0.6) is 11.5 Å². The standard InChI is InChI=1S/C20H32N2O3/c1-4-9-21-20(24)11-16-8-10-22(13-15(16)5-2)14-17-6-7-18(25-3)12-19(17)23/h6-7,12,15-16,23H,4-5,8-11,13-14H2,1-3H3,(H,21,24). The van der Waals surface area contributed by atoms with Gasteiger partial charge in [-0.15, -0.1) is 0 Å². The summed E-state index contributed by atoms with van der Waals surface area (Å²) in [5, 5.41) is 13.2. The molecule has 0 aromatic heterocycles. The van der Waals surface area contributed by atoms with Gasteiger partial charge in [0.25, 0.3) is 0 Å². The van der Waals surface area contributed by atoms with Gasteiger partial charge in [0.2, 0.25) is 5.91 Å². The van der Waals surface area contributed by atoms with Crippen molar-refractivity contribution in [3.63, 3.8) is 0 Å². The second kappa shape index (κ2) is 9.66. The molecule has 2 N–H and O–H groups in total. The molecule has 1 saturated heterocycles. The Kier molecular flexibility index (Phi) is 7.56. The fraction of sp³-hybridized carbons (Fsp3) is 0.650. The Balaban J connectivity index is 1.91. The van der Waals surface area contributed by atoms with Crippen LogP contribution in [0, 0.1) is 11.8 Å². The van der Waals surface area contributed by atoms with Crippen molar-refractivity contribution in [1.82, 2.24) is 10.2 Å². The van der Waals surface area contributed by atoms with Crippen molar-refractivity contribution in [2.24, 2.45) is 11.8 Å². The fourth-order valence-corrected chi connectivity index (χ4v) is 3.65. The molecule has 1 amide bonds. The molecule has 0 bridgehead atoms. The molecule has 1 aliphatic rings. The van der Waals surface area contributed by atoms with Crippen LogP contribution in [0.4, 0.5) is 0 Å². The maximum absolute atomic E-state index is 12.0. The third-order valence-corrected chi connectivity index (χ3v) is 5.21. The maximum Gasteiger partial charge on any atom is 0.220 e. The lowest BCUT2D eigenvalue weighted by molar-refractivity contribution is -0.122. The first-order chi connectivity index (χ1) is 12.1. The first-order valence-electron chi connectivity index (χ1n) is 9.42. The highest BCUT2D eigenvalue weighted by atomic mass is 16.5. The number of ether oxygens (including phenoxy) is 1. The number of aromatic hydroxyl groups is 1. The molecule has 1 aromatic rings. The van der Waals surface area contributed by atoms with E-state index in [0.29, 0.717) is 24.0 Å². The first kappa shape index (κ1) is 19.6. The van der Waals surface area contributed by atoms with Crippen LogP contribution in [-0.4, -0.2) is 42.7 Å². The normalized spacial score (nSPS) is 21.1. The van der Waals surface area contributed by atoms with Crippen LogP contribution in [0.3, 0.4) is 0 Å². The van der Waals surface area contributed by atoms with Gasteiger partial charge in [0.1, 0.15) is 11.5 Å². The number of carbonyl (C=O) groups excluding carboxylic acids is 1. The van der Waals surface area contributed by atoms with Crippen molar-refractivity contribution in [1.29, 1.82) is 0 Å². The predicted octanol–water partition coefficient (Wildman–Crippen LogP) is 3.17. The van der Waals surface area contributed by atoms with E-state index in [9.17, 15) is 9.90 Å². The molecule has 140 valence electrons. The zero-order chi connectivity index (χ0) is 18.2. The van der Waals surface area contributed by atoms with Gasteiger partial charge in [-0.2, -0.15) is 0 Å². The van der Waals surface area contributed by atoms with Crippen LogP contribution >= 0.6 is 0 Å². The molecule has 2 unspecified atom stereocenters. The second-order valence-corrected chi connectivity index (χ2v) is 7.00. The summed E-state index contributed by atoms with van der Waals surface area (Å²) >= 11 is 0. The molecule has 0 aliphatic carbocycles. The summed E-state index contributed by atoms with van der Waals surface area (Å²) < 4.78 is 5.14. The summed E-state index contributed by atoms with van der Waals surface area (Å²) in [5.41, 5.74) is 0.926. The van der Waals surface area contributed by atoms with E-state index in [1.54, 1.807) is 13.2 Å². The molecular formula is C20H32N2O3. The van der Waals surface area contributed by atoms with Crippen molar-refractivity contribution in [2.75, 3.05) is 26.7 Å². The van der Waals surface area contributed by atoms with E-state index < -0.39 is 0 Å². The van der Waals surface area contributed by atoms with Crippen molar-refractivity contribution in [3.8, 4) is 11.5 Å². The van der Waals surface area contributed by atoms with Crippen LogP contribution in [-0.2, 0) is 11.3 Å². The summed E-state index contributed by atoms with van der Waals surface area (Å²) in [6.07, 6.45) is 3.73. The highest BCUT2D eigenvalue weighted by Crippen LogP contribution is 2.31. The molecule has 25 heavy (non-hydrogen) atoms. The number of nitrogens with one attached hydrogen (secondary N) is 1. The number of methoxy groups -OCH3 is 1. The minimum absolute atomic E-state index is 0.187. The molecule has 2 rings (SSSR count). The number of rotatable bonds is 8. The van der Waals surface area contributed by atoms with Gasteiger partial charge in [-0.3, -0.25) is 9.69 Å². The molecule has 0 saturated carbocycles. The van der Waals surface area contributed by atoms with E-state index in [0.717, 1.165) is 51.0 Å². The van der Waals surface area contributed by atoms with Crippen molar-refractivity contribution < 1.29 is 14.6 Å². The number of phenols is 1. The lowest BCUT2D eigenvalue weighted by atomic mass is 9.81. The van der Waals surface area contributed by atoms with E-state index in [2.05, 4.69) is 24.1 Å². The van der Waals surface area contributed by atoms with Crippen LogP contribution in [0.15, 0.2) is 18.2 Å². The molecule has 5 nitrogen and oxygen atoms in total. The Hall–Kier alpha value is -1.75. The van der Waals surface area contributed by atoms with Crippen molar-refractivity contribution in [3.05, 3.63) is 23.8 Å². The number of carbonyl (C=O) groups is 1. The molecule has 1 aromatic carbocycles. The SMILES string of the molecule is CCCNC(=O)CC1CCN(Cc2ccc(OC)cc2O)CC1CC. The Morgan fingerprint density at radius 3 is 2.80 bits per heavy atom. The van der Waals surface area contributed by atoms with Gasteiger partial charge < -0.3 is 15.2 Å². The summed E-state index contributed by atoms with van der Waals surface area (Å²) in [5.74, 6) is 2.13. The van der Waals surface area contributed by atoms with Gasteiger partial charge in [-0.1, -0.05) is 26.3 Å². The molecule has 5 heteroatoms. The highest BCUT2D eigenvalue weighted by Gasteiger charge is 2.29. The number of likely N-dealkylation sites (tertiary alicyclic amines) is 1. The van der Waals surface area contributed by atoms with E-state index in [-0.39, 0.29) is 11.7 Å². The average Bonchev–Trinajstić information content (AvgIpc) is 2.62. The topological polar surface area (TPSA) is 61.8 Å². The zero-order valence-electron chi connectivity index (χ0n) is 15.8. The Morgan fingerprint density at radius 1 is 1.36 bits per heavy atom. The van der Waals surface area contributed by atoms with Crippen LogP contribution in [0.2, 0.25) is 0 Å². The van der Waals surface area contributed by atoms with Crippen LogP contribution in [0.25, 0.3) is 0 Å². The van der Waals surface area contributed by atoms with Gasteiger partial charge in [0.05, 0.1) is 7.11 Å². The number of amides is 1. The monoisotopic (exact) mass is 348 g/mol. The lowest BCUT2D eigenvalue weighted by Crippen LogP contribution is -2.41. The molecule has 1 heterocycles. The summed E-state index contributed by atoms with van der Waals surface area (Å²) in [4.78, 5) is 14.4. The maximum atomic E-state index is 12.0. The first-order valence-corrected chi connectivity index (χ1v) is 9.42. The zero-order valence-corrected chi connectivity index (χ0v) is 15.8. The molecule has 0 spiro atoms. The summed E-state index contributed by atoms with van der Waals surface area (Å²) in [7, 11) is 1.60. The third kappa shape index (κ3) is 5.63. The minimum Gasteiger partial charge on any atom is -0.507 e. The average molecular weight is 348 g/mol. The number of phenolic OH excluding ortho intramolecular Hbond substituents is 1. The van der Waals surface area contributed by atoms with Crippen molar-refractivity contribution in [2.45, 2.75) is 46.1 Å². The summed E-state index contributed by atoms with van der Waals surface area (Å²) in [6.45, 7) is 7.73.